The summed E-state index contributed by atoms with van der Waals surface area (Å²) in [6.45, 7) is 7.10. The first-order valence-corrected chi connectivity index (χ1v) is 6.99. The van der Waals surface area contributed by atoms with Crippen LogP contribution in [0.3, 0.4) is 0 Å². The lowest BCUT2D eigenvalue weighted by molar-refractivity contribution is 0.0827. The topological polar surface area (TPSA) is 29.5 Å². The zero-order chi connectivity index (χ0) is 13.1. The van der Waals surface area contributed by atoms with Gasteiger partial charge < -0.3 is 9.84 Å². The van der Waals surface area contributed by atoms with Crippen molar-refractivity contribution in [2.45, 2.75) is 45.6 Å². The predicted octanol–water partition coefficient (Wildman–Crippen LogP) is 3.60. The Kier molecular flexibility index (Phi) is 4.28. The van der Waals surface area contributed by atoms with Gasteiger partial charge in [-0.3, -0.25) is 0 Å². The van der Waals surface area contributed by atoms with Gasteiger partial charge in [0.05, 0.1) is 12.7 Å². The molecular formula is C16H24O2. The maximum Gasteiger partial charge on any atom is 0.122 e. The van der Waals surface area contributed by atoms with Crippen molar-refractivity contribution in [3.63, 3.8) is 0 Å². The van der Waals surface area contributed by atoms with Gasteiger partial charge in [-0.2, -0.15) is 0 Å². The molecule has 1 aliphatic heterocycles. The Morgan fingerprint density at radius 2 is 2.00 bits per heavy atom. The number of para-hydroxylation sites is 1. The van der Waals surface area contributed by atoms with Crippen LogP contribution in [0.15, 0.2) is 24.3 Å². The normalized spacial score (nSPS) is 22.2. The van der Waals surface area contributed by atoms with E-state index in [0.717, 1.165) is 25.2 Å². The number of hydrogen-bond acceptors (Lipinski definition) is 2. The van der Waals surface area contributed by atoms with Crippen LogP contribution in [-0.4, -0.2) is 17.8 Å². The fourth-order valence-electron chi connectivity index (χ4n) is 3.02. The standard InChI is InChI=1S/C16H24O2/c1-11(2)15(12(3)17)10-13-8-9-18-16-7-5-4-6-14(13)16/h4-7,11-13,15,17H,8-10H2,1-3H3. The summed E-state index contributed by atoms with van der Waals surface area (Å²) in [5, 5.41) is 9.93. The number of ether oxygens (including phenoxy) is 1. The van der Waals surface area contributed by atoms with Gasteiger partial charge in [0.25, 0.3) is 0 Å². The van der Waals surface area contributed by atoms with Gasteiger partial charge in [-0.05, 0) is 49.1 Å². The van der Waals surface area contributed by atoms with Gasteiger partial charge in [0, 0.05) is 0 Å². The summed E-state index contributed by atoms with van der Waals surface area (Å²) in [6.07, 6.45) is 1.88. The summed E-state index contributed by atoms with van der Waals surface area (Å²) in [4.78, 5) is 0. The van der Waals surface area contributed by atoms with Gasteiger partial charge in [0.2, 0.25) is 0 Å². The molecule has 100 valence electrons. The molecule has 1 aromatic carbocycles. The van der Waals surface area contributed by atoms with Crippen molar-refractivity contribution in [3.05, 3.63) is 29.8 Å². The highest BCUT2D eigenvalue weighted by molar-refractivity contribution is 5.37. The molecule has 0 aliphatic carbocycles. The molecule has 0 fully saturated rings. The summed E-state index contributed by atoms with van der Waals surface area (Å²) < 4.78 is 5.69. The number of aliphatic hydroxyl groups is 1. The van der Waals surface area contributed by atoms with E-state index < -0.39 is 0 Å². The molecular weight excluding hydrogens is 224 g/mol. The molecule has 1 aliphatic rings. The van der Waals surface area contributed by atoms with Gasteiger partial charge in [-0.15, -0.1) is 0 Å². The van der Waals surface area contributed by atoms with E-state index in [1.807, 2.05) is 19.1 Å². The van der Waals surface area contributed by atoms with Gasteiger partial charge in [0.1, 0.15) is 5.75 Å². The minimum Gasteiger partial charge on any atom is -0.493 e. The molecule has 2 nitrogen and oxygen atoms in total. The zero-order valence-electron chi connectivity index (χ0n) is 11.6. The van der Waals surface area contributed by atoms with Crippen LogP contribution >= 0.6 is 0 Å². The largest absolute Gasteiger partial charge is 0.493 e. The van der Waals surface area contributed by atoms with Gasteiger partial charge in [-0.1, -0.05) is 32.0 Å². The summed E-state index contributed by atoms with van der Waals surface area (Å²) in [7, 11) is 0. The molecule has 18 heavy (non-hydrogen) atoms. The molecule has 0 amide bonds. The highest BCUT2D eigenvalue weighted by Crippen LogP contribution is 2.39. The zero-order valence-corrected chi connectivity index (χ0v) is 11.6. The molecule has 1 aromatic rings. The Morgan fingerprint density at radius 3 is 2.67 bits per heavy atom. The second-order valence-corrected chi connectivity index (χ2v) is 5.76. The van der Waals surface area contributed by atoms with Gasteiger partial charge >= 0.3 is 0 Å². The molecule has 0 bridgehead atoms. The predicted molar refractivity (Wildman–Crippen MR) is 73.9 cm³/mol. The third-order valence-electron chi connectivity index (χ3n) is 4.12. The Balaban J connectivity index is 2.15. The first-order valence-electron chi connectivity index (χ1n) is 6.99. The number of benzene rings is 1. The van der Waals surface area contributed by atoms with Gasteiger partial charge in [-0.25, -0.2) is 0 Å². The number of aliphatic hydroxyl groups excluding tert-OH is 1. The number of rotatable bonds is 4. The van der Waals surface area contributed by atoms with Crippen LogP contribution in [0, 0.1) is 11.8 Å². The van der Waals surface area contributed by atoms with E-state index in [9.17, 15) is 5.11 Å². The van der Waals surface area contributed by atoms with Crippen molar-refractivity contribution in [3.8, 4) is 5.75 Å². The minimum absolute atomic E-state index is 0.236. The maximum absolute atomic E-state index is 9.93. The average molecular weight is 248 g/mol. The molecule has 1 N–H and O–H groups in total. The average Bonchev–Trinajstić information content (AvgIpc) is 2.35. The highest BCUT2D eigenvalue weighted by atomic mass is 16.5. The minimum atomic E-state index is -0.236. The molecule has 0 radical (unpaired) electrons. The van der Waals surface area contributed by atoms with Crippen molar-refractivity contribution < 1.29 is 9.84 Å². The highest BCUT2D eigenvalue weighted by Gasteiger charge is 2.27. The number of fused-ring (bicyclic) bond motifs is 1. The molecule has 3 atom stereocenters. The first kappa shape index (κ1) is 13.4. The summed E-state index contributed by atoms with van der Waals surface area (Å²) in [5.41, 5.74) is 1.31. The Bertz CT molecular complexity index is 376. The molecule has 0 saturated carbocycles. The molecule has 1 heterocycles. The van der Waals surface area contributed by atoms with Crippen LogP contribution in [0.4, 0.5) is 0 Å². The maximum atomic E-state index is 9.93. The van der Waals surface area contributed by atoms with Crippen LogP contribution in [0.5, 0.6) is 5.75 Å². The summed E-state index contributed by atoms with van der Waals surface area (Å²) in [6, 6.07) is 8.32. The quantitative estimate of drug-likeness (QED) is 0.882. The van der Waals surface area contributed by atoms with Gasteiger partial charge in [0.15, 0.2) is 0 Å². The van der Waals surface area contributed by atoms with Crippen LogP contribution < -0.4 is 4.74 Å². The third kappa shape index (κ3) is 2.86. The molecule has 0 aromatic heterocycles. The van der Waals surface area contributed by atoms with E-state index in [4.69, 9.17) is 4.74 Å². The number of hydrogen-bond donors (Lipinski definition) is 1. The Labute approximate surface area is 110 Å². The SMILES string of the molecule is CC(C)C(CC1CCOc2ccccc21)C(C)O. The lowest BCUT2D eigenvalue weighted by Crippen LogP contribution is -2.26. The molecule has 0 saturated heterocycles. The van der Waals surface area contributed by atoms with Crippen LogP contribution in [-0.2, 0) is 0 Å². The lowest BCUT2D eigenvalue weighted by atomic mass is 9.78. The Morgan fingerprint density at radius 1 is 1.28 bits per heavy atom. The summed E-state index contributed by atoms with van der Waals surface area (Å²) >= 11 is 0. The smallest absolute Gasteiger partial charge is 0.122 e. The molecule has 3 unspecified atom stereocenters. The van der Waals surface area contributed by atoms with Crippen molar-refractivity contribution in [2.24, 2.45) is 11.8 Å². The van der Waals surface area contributed by atoms with E-state index >= 15 is 0 Å². The van der Waals surface area contributed by atoms with E-state index in [2.05, 4.69) is 26.0 Å². The molecule has 0 spiro atoms. The van der Waals surface area contributed by atoms with E-state index in [-0.39, 0.29) is 6.10 Å². The van der Waals surface area contributed by atoms with E-state index in [0.29, 0.717) is 17.8 Å². The monoisotopic (exact) mass is 248 g/mol. The van der Waals surface area contributed by atoms with Crippen molar-refractivity contribution in [2.75, 3.05) is 6.61 Å². The summed E-state index contributed by atoms with van der Waals surface area (Å²) in [5.74, 6) is 2.43. The van der Waals surface area contributed by atoms with Crippen molar-refractivity contribution in [1.82, 2.24) is 0 Å². The third-order valence-corrected chi connectivity index (χ3v) is 4.12. The van der Waals surface area contributed by atoms with Crippen LogP contribution in [0.2, 0.25) is 0 Å². The van der Waals surface area contributed by atoms with Crippen LogP contribution in [0.1, 0.15) is 45.1 Å². The van der Waals surface area contributed by atoms with Crippen LogP contribution in [0.25, 0.3) is 0 Å². The fraction of sp³-hybridized carbons (Fsp3) is 0.625. The fourth-order valence-corrected chi connectivity index (χ4v) is 3.02. The second kappa shape index (κ2) is 5.75. The van der Waals surface area contributed by atoms with Crippen molar-refractivity contribution in [1.29, 1.82) is 0 Å². The second-order valence-electron chi connectivity index (χ2n) is 5.76. The van der Waals surface area contributed by atoms with Crippen molar-refractivity contribution >= 4 is 0 Å². The Hall–Kier alpha value is -1.02. The van der Waals surface area contributed by atoms with E-state index in [1.165, 1.54) is 5.56 Å². The lowest BCUT2D eigenvalue weighted by Gasteiger charge is -2.32. The van der Waals surface area contributed by atoms with E-state index in [1.54, 1.807) is 0 Å². The molecule has 2 heteroatoms. The molecule has 2 rings (SSSR count). The first-order chi connectivity index (χ1) is 8.59.